The number of piperidine rings is 3. The molecule has 0 aliphatic carbocycles. The fourth-order valence-electron chi connectivity index (χ4n) is 4.37. The highest BCUT2D eigenvalue weighted by Crippen LogP contribution is 2.41. The molecule has 0 amide bonds. The minimum absolute atomic E-state index is 0.0569. The summed E-state index contributed by atoms with van der Waals surface area (Å²) < 4.78 is 0. The zero-order valence-electron chi connectivity index (χ0n) is 12.9. The van der Waals surface area contributed by atoms with Crippen molar-refractivity contribution >= 4 is 10.9 Å². The van der Waals surface area contributed by atoms with Crippen LogP contribution in [0.5, 0.6) is 0 Å². The minimum atomic E-state index is 0.0569. The zero-order valence-corrected chi connectivity index (χ0v) is 12.9. The number of rotatable bonds is 3. The van der Waals surface area contributed by atoms with Crippen LogP contribution in [-0.4, -0.2) is 29.0 Å². The maximum Gasteiger partial charge on any atom is 0.0705 e. The van der Waals surface area contributed by atoms with Gasteiger partial charge in [-0.1, -0.05) is 24.3 Å². The molecule has 3 heteroatoms. The molecule has 4 heterocycles. The van der Waals surface area contributed by atoms with Gasteiger partial charge in [0.05, 0.1) is 5.52 Å². The molecule has 5 atom stereocenters. The summed E-state index contributed by atoms with van der Waals surface area (Å²) in [7, 11) is 0. The quantitative estimate of drug-likeness (QED) is 0.884. The van der Waals surface area contributed by atoms with Crippen LogP contribution >= 0.6 is 0 Å². The molecule has 2 aromatic rings. The Balaban J connectivity index is 1.67. The average Bonchev–Trinajstić information content (AvgIpc) is 2.60. The van der Waals surface area contributed by atoms with Crippen LogP contribution in [0.4, 0.5) is 0 Å². The van der Waals surface area contributed by atoms with E-state index >= 15 is 0 Å². The molecule has 114 valence electrons. The Morgan fingerprint density at radius 3 is 2.95 bits per heavy atom. The highest BCUT2D eigenvalue weighted by atomic mass is 15.2. The van der Waals surface area contributed by atoms with Gasteiger partial charge in [0.25, 0.3) is 0 Å². The summed E-state index contributed by atoms with van der Waals surface area (Å²) in [6.07, 6.45) is 6.51. The molecule has 1 unspecified atom stereocenters. The predicted octanol–water partition coefficient (Wildman–Crippen LogP) is 3.13. The minimum Gasteiger partial charge on any atom is -0.323 e. The number of hydrogen-bond donors (Lipinski definition) is 1. The molecule has 3 fully saturated rings. The predicted molar refractivity (Wildman–Crippen MR) is 90.4 cm³/mol. The van der Waals surface area contributed by atoms with Gasteiger partial charge in [0.2, 0.25) is 0 Å². The summed E-state index contributed by atoms with van der Waals surface area (Å²) >= 11 is 0. The molecular formula is C19H23N3. The van der Waals surface area contributed by atoms with Crippen molar-refractivity contribution in [1.29, 1.82) is 0 Å². The van der Waals surface area contributed by atoms with E-state index in [0.29, 0.717) is 12.0 Å². The first-order valence-electron chi connectivity index (χ1n) is 8.24. The highest BCUT2D eigenvalue weighted by Gasteiger charge is 2.41. The maximum atomic E-state index is 6.71. The largest absolute Gasteiger partial charge is 0.323 e. The Kier molecular flexibility index (Phi) is 3.47. The van der Waals surface area contributed by atoms with E-state index in [2.05, 4.69) is 46.8 Å². The Hall–Kier alpha value is -1.71. The first-order valence-corrected chi connectivity index (χ1v) is 8.24. The molecule has 0 spiro atoms. The van der Waals surface area contributed by atoms with Gasteiger partial charge in [-0.25, -0.2) is 0 Å². The molecule has 5 rings (SSSR count). The Morgan fingerprint density at radius 1 is 1.32 bits per heavy atom. The van der Waals surface area contributed by atoms with Crippen molar-refractivity contribution in [2.75, 3.05) is 13.1 Å². The van der Waals surface area contributed by atoms with Crippen LogP contribution in [0.25, 0.3) is 10.9 Å². The van der Waals surface area contributed by atoms with E-state index in [1.54, 1.807) is 0 Å². The zero-order chi connectivity index (χ0) is 15.1. The van der Waals surface area contributed by atoms with Crippen LogP contribution in [0.1, 0.15) is 24.4 Å². The fraction of sp³-hybridized carbons (Fsp3) is 0.421. The molecule has 0 radical (unpaired) electrons. The summed E-state index contributed by atoms with van der Waals surface area (Å²) in [5, 5.41) is 1.19. The van der Waals surface area contributed by atoms with Gasteiger partial charge in [-0.15, -0.1) is 6.58 Å². The van der Waals surface area contributed by atoms with Gasteiger partial charge in [-0.05, 0) is 48.9 Å². The number of hydrogen-bond acceptors (Lipinski definition) is 3. The molecule has 0 saturated carbocycles. The third-order valence-corrected chi connectivity index (χ3v) is 5.61. The third-order valence-electron chi connectivity index (χ3n) is 5.61. The van der Waals surface area contributed by atoms with E-state index < -0.39 is 0 Å². The third kappa shape index (κ3) is 2.16. The molecule has 1 aromatic carbocycles. The number of benzene rings is 1. The Labute approximate surface area is 131 Å². The van der Waals surface area contributed by atoms with Crippen molar-refractivity contribution in [2.24, 2.45) is 17.6 Å². The molecule has 2 N–H and O–H groups in total. The molecule has 3 saturated heterocycles. The van der Waals surface area contributed by atoms with Crippen molar-refractivity contribution in [1.82, 2.24) is 9.88 Å². The second-order valence-corrected chi connectivity index (χ2v) is 6.69. The first kappa shape index (κ1) is 13.9. The standard InChI is InChI=1S/C19H23N3/c1-2-13-12-22-10-8-14(13)11-18(22)19(20)16-7-9-21-17-6-4-3-5-15(16)17/h2-7,9,13-14,18-19H,1,8,10-12,20H2/t13-,14-,18+,19+/m0/s1. The number of nitrogens with two attached hydrogens (primary N) is 1. The van der Waals surface area contributed by atoms with Crippen molar-refractivity contribution in [3.8, 4) is 0 Å². The van der Waals surface area contributed by atoms with Crippen LogP contribution in [0.3, 0.4) is 0 Å². The molecule has 2 bridgehead atoms. The maximum absolute atomic E-state index is 6.71. The topological polar surface area (TPSA) is 42.1 Å². The van der Waals surface area contributed by atoms with Gasteiger partial charge < -0.3 is 5.73 Å². The summed E-state index contributed by atoms with van der Waals surface area (Å²) in [5.41, 5.74) is 8.99. The van der Waals surface area contributed by atoms with Crippen LogP contribution in [0.2, 0.25) is 0 Å². The Morgan fingerprint density at radius 2 is 2.18 bits per heavy atom. The lowest BCUT2D eigenvalue weighted by Crippen LogP contribution is -2.56. The van der Waals surface area contributed by atoms with Crippen LogP contribution < -0.4 is 5.73 Å². The normalized spacial score (nSPS) is 32.0. The van der Waals surface area contributed by atoms with Crippen molar-refractivity contribution in [2.45, 2.75) is 24.9 Å². The summed E-state index contributed by atoms with van der Waals surface area (Å²) in [5.74, 6) is 1.40. The summed E-state index contributed by atoms with van der Waals surface area (Å²) in [4.78, 5) is 7.04. The van der Waals surface area contributed by atoms with Crippen LogP contribution in [0.15, 0.2) is 49.2 Å². The molecule has 3 aliphatic heterocycles. The van der Waals surface area contributed by atoms with E-state index in [4.69, 9.17) is 5.73 Å². The highest BCUT2D eigenvalue weighted by molar-refractivity contribution is 5.82. The molecule has 3 nitrogen and oxygen atoms in total. The summed E-state index contributed by atoms with van der Waals surface area (Å²) in [6, 6.07) is 10.9. The molecule has 1 aromatic heterocycles. The number of para-hydroxylation sites is 1. The van der Waals surface area contributed by atoms with E-state index in [0.717, 1.165) is 18.0 Å². The SMILES string of the molecule is C=C[C@H]1CN2CC[C@H]1C[C@@H]2[C@H](N)c1ccnc2ccccc12. The van der Waals surface area contributed by atoms with Gasteiger partial charge in [0, 0.05) is 30.2 Å². The van der Waals surface area contributed by atoms with Gasteiger partial charge >= 0.3 is 0 Å². The summed E-state index contributed by atoms with van der Waals surface area (Å²) in [6.45, 7) is 6.30. The van der Waals surface area contributed by atoms with Gasteiger partial charge in [-0.3, -0.25) is 9.88 Å². The molecule has 22 heavy (non-hydrogen) atoms. The lowest BCUT2D eigenvalue weighted by molar-refractivity contribution is 0.00749. The van der Waals surface area contributed by atoms with Gasteiger partial charge in [-0.2, -0.15) is 0 Å². The van der Waals surface area contributed by atoms with E-state index in [-0.39, 0.29) is 6.04 Å². The monoisotopic (exact) mass is 293 g/mol. The number of aromatic nitrogens is 1. The first-order chi connectivity index (χ1) is 10.8. The van der Waals surface area contributed by atoms with Crippen molar-refractivity contribution < 1.29 is 0 Å². The average molecular weight is 293 g/mol. The van der Waals surface area contributed by atoms with Gasteiger partial charge in [0.15, 0.2) is 0 Å². The van der Waals surface area contributed by atoms with Crippen LogP contribution in [0, 0.1) is 11.8 Å². The lowest BCUT2D eigenvalue weighted by Gasteiger charge is -2.51. The lowest BCUT2D eigenvalue weighted by atomic mass is 9.73. The van der Waals surface area contributed by atoms with Crippen molar-refractivity contribution in [3.63, 3.8) is 0 Å². The van der Waals surface area contributed by atoms with E-state index in [1.165, 1.54) is 30.3 Å². The fourth-order valence-corrected chi connectivity index (χ4v) is 4.37. The second kappa shape index (κ2) is 5.49. The van der Waals surface area contributed by atoms with E-state index in [9.17, 15) is 0 Å². The molecular weight excluding hydrogens is 270 g/mol. The number of nitrogens with zero attached hydrogens (tertiary/aromatic N) is 2. The van der Waals surface area contributed by atoms with E-state index in [1.807, 2.05) is 12.3 Å². The number of pyridine rings is 1. The smallest absolute Gasteiger partial charge is 0.0705 e. The number of fused-ring (bicyclic) bond motifs is 4. The van der Waals surface area contributed by atoms with Gasteiger partial charge in [0.1, 0.15) is 0 Å². The second-order valence-electron chi connectivity index (χ2n) is 6.69. The molecule has 3 aliphatic rings. The van der Waals surface area contributed by atoms with Crippen LogP contribution in [-0.2, 0) is 0 Å². The van der Waals surface area contributed by atoms with Crippen molar-refractivity contribution in [3.05, 3.63) is 54.7 Å². The Bertz CT molecular complexity index is 691.